The number of nitrogens with one attached hydrogen (secondary N) is 1. The smallest absolute Gasteiger partial charge is 0.323 e. The summed E-state index contributed by atoms with van der Waals surface area (Å²) in [7, 11) is 0. The maximum atomic E-state index is 13.2. The number of fused-ring (bicyclic) bond motifs is 1. The van der Waals surface area contributed by atoms with Crippen LogP contribution in [0.2, 0.25) is 0 Å². The van der Waals surface area contributed by atoms with Crippen molar-refractivity contribution in [3.8, 4) is 0 Å². The molecule has 2 heterocycles. The van der Waals surface area contributed by atoms with Crippen LogP contribution in [0.1, 0.15) is 24.5 Å². The molecule has 1 atom stereocenters. The van der Waals surface area contributed by atoms with Gasteiger partial charge in [0.2, 0.25) is 0 Å². The van der Waals surface area contributed by atoms with Crippen LogP contribution in [-0.2, 0) is 17.8 Å². The van der Waals surface area contributed by atoms with Crippen LogP contribution in [0, 0.1) is 0 Å². The van der Waals surface area contributed by atoms with Crippen molar-refractivity contribution >= 4 is 22.7 Å². The molecule has 6 nitrogen and oxygen atoms in total. The summed E-state index contributed by atoms with van der Waals surface area (Å²) in [4.78, 5) is 31.9. The summed E-state index contributed by atoms with van der Waals surface area (Å²) in [5, 5.41) is 5.53. The zero-order chi connectivity index (χ0) is 23.5. The lowest BCUT2D eigenvalue weighted by Crippen LogP contribution is -2.51. The topological polar surface area (TPSA) is 55.9 Å². The Kier molecular flexibility index (Phi) is 6.35. The van der Waals surface area contributed by atoms with Crippen molar-refractivity contribution in [2.75, 3.05) is 32.8 Å². The van der Waals surface area contributed by atoms with Crippen molar-refractivity contribution in [1.29, 1.82) is 0 Å². The van der Waals surface area contributed by atoms with E-state index in [9.17, 15) is 9.59 Å². The van der Waals surface area contributed by atoms with E-state index in [0.29, 0.717) is 13.1 Å². The first-order chi connectivity index (χ1) is 16.5. The largest absolute Gasteiger partial charge is 0.326 e. The predicted octanol–water partition coefficient (Wildman–Crippen LogP) is 3.86. The fraction of sp³-hybridized carbons (Fsp3) is 0.357. The summed E-state index contributed by atoms with van der Waals surface area (Å²) in [6.07, 6.45) is 1.35. The molecule has 0 aliphatic carbocycles. The summed E-state index contributed by atoms with van der Waals surface area (Å²) in [5.41, 5.74) is 1.67. The van der Waals surface area contributed by atoms with E-state index >= 15 is 0 Å². The van der Waals surface area contributed by atoms with Crippen LogP contribution >= 0.6 is 0 Å². The highest BCUT2D eigenvalue weighted by molar-refractivity contribution is 6.06. The van der Waals surface area contributed by atoms with Gasteiger partial charge in [0.15, 0.2) is 0 Å². The van der Waals surface area contributed by atoms with Gasteiger partial charge in [0.25, 0.3) is 5.91 Å². The molecular weight excluding hydrogens is 424 g/mol. The molecule has 6 heteroatoms. The van der Waals surface area contributed by atoms with Crippen LogP contribution in [0.5, 0.6) is 0 Å². The first-order valence-electron chi connectivity index (χ1n) is 12.1. The molecule has 0 spiro atoms. The molecule has 3 amide bonds. The normalized spacial score (nSPS) is 21.9. The number of nitrogens with zero attached hydrogens (tertiary/aromatic N) is 3. The minimum absolute atomic E-state index is 0.119. The highest BCUT2D eigenvalue weighted by atomic mass is 16.2. The lowest BCUT2D eigenvalue weighted by Gasteiger charge is -2.36. The molecule has 1 N–H and O–H groups in total. The van der Waals surface area contributed by atoms with Crippen molar-refractivity contribution in [2.24, 2.45) is 0 Å². The number of hydrogen-bond acceptors (Lipinski definition) is 4. The van der Waals surface area contributed by atoms with Gasteiger partial charge in [-0.15, -0.1) is 0 Å². The van der Waals surface area contributed by atoms with E-state index < -0.39 is 5.54 Å². The van der Waals surface area contributed by atoms with E-state index in [1.807, 2.05) is 25.1 Å². The number of amides is 3. The van der Waals surface area contributed by atoms with E-state index in [0.717, 1.165) is 39.1 Å². The molecular formula is C28H32N4O2. The summed E-state index contributed by atoms with van der Waals surface area (Å²) in [5.74, 6) is -0.119. The van der Waals surface area contributed by atoms with Crippen LogP contribution in [0.15, 0.2) is 72.8 Å². The molecule has 0 radical (unpaired) electrons. The van der Waals surface area contributed by atoms with Gasteiger partial charge in [-0.3, -0.25) is 14.6 Å². The van der Waals surface area contributed by atoms with Crippen LogP contribution in [0.3, 0.4) is 0 Å². The monoisotopic (exact) mass is 456 g/mol. The van der Waals surface area contributed by atoms with Crippen LogP contribution in [-0.4, -0.2) is 65.0 Å². The molecule has 0 bridgehead atoms. The molecule has 0 aromatic heterocycles. The number of hydrogen-bond donors (Lipinski definition) is 1. The number of aryl methyl sites for hydroxylation is 1. The Morgan fingerprint density at radius 2 is 1.50 bits per heavy atom. The fourth-order valence-corrected chi connectivity index (χ4v) is 5.04. The molecule has 2 aliphatic rings. The molecule has 3 aromatic rings. The Morgan fingerprint density at radius 1 is 0.824 bits per heavy atom. The zero-order valence-corrected chi connectivity index (χ0v) is 19.7. The third-order valence-electron chi connectivity index (χ3n) is 7.18. The Labute approximate surface area is 201 Å². The van der Waals surface area contributed by atoms with Gasteiger partial charge < -0.3 is 5.32 Å². The maximum absolute atomic E-state index is 13.2. The van der Waals surface area contributed by atoms with Crippen molar-refractivity contribution < 1.29 is 9.59 Å². The van der Waals surface area contributed by atoms with Crippen LogP contribution in [0.4, 0.5) is 4.79 Å². The number of carbonyl (C=O) groups is 2. The Balaban J connectivity index is 1.15. The van der Waals surface area contributed by atoms with E-state index in [1.165, 1.54) is 26.8 Å². The molecule has 176 valence electrons. The van der Waals surface area contributed by atoms with Crippen LogP contribution in [0.25, 0.3) is 10.8 Å². The van der Waals surface area contributed by atoms with Crippen molar-refractivity contribution in [3.63, 3.8) is 0 Å². The average molecular weight is 457 g/mol. The quantitative estimate of drug-likeness (QED) is 0.549. The van der Waals surface area contributed by atoms with Gasteiger partial charge in [0.05, 0.1) is 6.67 Å². The van der Waals surface area contributed by atoms with E-state index in [1.54, 1.807) is 0 Å². The third kappa shape index (κ3) is 4.69. The van der Waals surface area contributed by atoms with Gasteiger partial charge in [0.1, 0.15) is 5.54 Å². The van der Waals surface area contributed by atoms with E-state index in [2.05, 4.69) is 69.7 Å². The van der Waals surface area contributed by atoms with Crippen molar-refractivity contribution in [2.45, 2.75) is 31.8 Å². The molecule has 0 unspecified atom stereocenters. The Morgan fingerprint density at radius 3 is 2.29 bits per heavy atom. The van der Waals surface area contributed by atoms with Gasteiger partial charge in [-0.05, 0) is 41.7 Å². The summed E-state index contributed by atoms with van der Waals surface area (Å²) < 4.78 is 0. The number of urea groups is 1. The second kappa shape index (κ2) is 9.57. The third-order valence-corrected chi connectivity index (χ3v) is 7.18. The molecule has 2 aliphatic heterocycles. The summed E-state index contributed by atoms with van der Waals surface area (Å²) in [6, 6.07) is 24.8. The van der Waals surface area contributed by atoms with E-state index in [4.69, 9.17) is 0 Å². The van der Waals surface area contributed by atoms with Gasteiger partial charge in [-0.2, -0.15) is 0 Å². The summed E-state index contributed by atoms with van der Waals surface area (Å²) in [6.45, 7) is 6.61. The number of benzene rings is 3. The molecule has 0 saturated carbocycles. The van der Waals surface area contributed by atoms with Crippen molar-refractivity contribution in [3.05, 3.63) is 83.9 Å². The maximum Gasteiger partial charge on any atom is 0.326 e. The Hall–Kier alpha value is -3.22. The number of piperazine rings is 1. The van der Waals surface area contributed by atoms with Gasteiger partial charge in [-0.1, -0.05) is 72.8 Å². The van der Waals surface area contributed by atoms with Crippen LogP contribution < -0.4 is 5.32 Å². The minimum atomic E-state index is -0.844. The highest BCUT2D eigenvalue weighted by Gasteiger charge is 2.47. The van der Waals surface area contributed by atoms with Crippen molar-refractivity contribution in [1.82, 2.24) is 20.0 Å². The lowest BCUT2D eigenvalue weighted by molar-refractivity contribution is -0.132. The summed E-state index contributed by atoms with van der Waals surface area (Å²) >= 11 is 0. The first-order valence-corrected chi connectivity index (χ1v) is 12.1. The molecule has 2 saturated heterocycles. The van der Waals surface area contributed by atoms with Gasteiger partial charge in [-0.25, -0.2) is 9.69 Å². The predicted molar refractivity (Wildman–Crippen MR) is 134 cm³/mol. The average Bonchev–Trinajstić information content (AvgIpc) is 3.08. The number of carbonyl (C=O) groups excluding carboxylic acids is 2. The second-order valence-electron chi connectivity index (χ2n) is 9.65. The molecule has 2 fully saturated rings. The minimum Gasteiger partial charge on any atom is -0.323 e. The molecule has 3 aromatic carbocycles. The number of imide groups is 1. The van der Waals surface area contributed by atoms with Gasteiger partial charge in [0, 0.05) is 32.7 Å². The second-order valence-corrected chi connectivity index (χ2v) is 9.65. The molecule has 34 heavy (non-hydrogen) atoms. The SMILES string of the molecule is C[C@]1(CCc2ccccc2)NC(=O)N(CN2CCN(Cc3cccc4ccccc34)CC2)C1=O. The van der Waals surface area contributed by atoms with Gasteiger partial charge >= 0.3 is 6.03 Å². The molecule has 5 rings (SSSR count). The highest BCUT2D eigenvalue weighted by Crippen LogP contribution is 2.24. The standard InChI is InChI=1S/C28H32N4O2/c1-28(15-14-22-8-3-2-4-9-22)26(33)32(27(34)29-28)21-31-18-16-30(17-19-31)20-24-12-7-11-23-10-5-6-13-25(23)24/h2-13H,14-21H2,1H3,(H,29,34)/t28-/m1/s1. The first kappa shape index (κ1) is 22.6. The zero-order valence-electron chi connectivity index (χ0n) is 19.7. The Bertz CT molecular complexity index is 1170. The number of rotatable bonds is 7. The lowest BCUT2D eigenvalue weighted by atomic mass is 9.93. The fourth-order valence-electron chi connectivity index (χ4n) is 5.04. The van der Waals surface area contributed by atoms with E-state index in [-0.39, 0.29) is 11.9 Å².